The van der Waals surface area contributed by atoms with Crippen molar-refractivity contribution in [2.45, 2.75) is 52.0 Å². The van der Waals surface area contributed by atoms with Crippen molar-refractivity contribution in [3.05, 3.63) is 11.8 Å². The number of unbranched alkanes of at least 4 members (excludes halogenated alkanes) is 3. The second kappa shape index (κ2) is 9.96. The molecule has 0 aliphatic carbocycles. The molecule has 0 amide bonds. The predicted molar refractivity (Wildman–Crippen MR) is 56.9 cm³/mol. The van der Waals surface area contributed by atoms with Gasteiger partial charge in [0.25, 0.3) is 0 Å². The maximum atomic E-state index is 2.45. The van der Waals surface area contributed by atoms with Crippen LogP contribution in [0.4, 0.5) is 0 Å². The highest BCUT2D eigenvalue weighted by Crippen LogP contribution is 2.02. The van der Waals surface area contributed by atoms with Crippen molar-refractivity contribution in [1.29, 1.82) is 0 Å². The first-order chi connectivity index (χ1) is 5.41. The zero-order chi connectivity index (χ0) is 8.36. The van der Waals surface area contributed by atoms with Crippen molar-refractivity contribution in [1.82, 2.24) is 0 Å². The van der Waals surface area contributed by atoms with Gasteiger partial charge in [-0.15, -0.1) is 5.70 Å². The molecule has 0 aliphatic heterocycles. The van der Waals surface area contributed by atoms with E-state index in [1.165, 1.54) is 38.1 Å². The zero-order valence-corrected chi connectivity index (χ0v) is 9.52. The lowest BCUT2D eigenvalue weighted by atomic mass is 10.2. The summed E-state index contributed by atoms with van der Waals surface area (Å²) < 4.78 is 0. The molecule has 0 bridgehead atoms. The number of rotatable bonds is 7. The van der Waals surface area contributed by atoms with Crippen LogP contribution in [0.25, 0.3) is 0 Å². The molecule has 0 aliphatic rings. The van der Waals surface area contributed by atoms with Gasteiger partial charge in [0, 0.05) is 9.52 Å². The molecule has 0 heterocycles. The summed E-state index contributed by atoms with van der Waals surface area (Å²) in [5, 5.41) is 0. The number of allylic oxidation sites excluding steroid dienone is 1. The number of hydrogen-bond donors (Lipinski definition) is 0. The van der Waals surface area contributed by atoms with Crippen LogP contribution in [0, 0.1) is 0 Å². The zero-order valence-electron chi connectivity index (χ0n) is 8.10. The van der Waals surface area contributed by atoms with E-state index in [1.807, 2.05) is 0 Å². The molecule has 0 aromatic heterocycles. The average Bonchev–Trinajstić information content (AvgIpc) is 2.03. The first-order valence-corrected chi connectivity index (χ1v) is 6.88. The fourth-order valence-corrected chi connectivity index (χ4v) is 2.60. The molecule has 1 heteroatoms. The van der Waals surface area contributed by atoms with Crippen LogP contribution in [0.15, 0.2) is 11.8 Å². The maximum absolute atomic E-state index is 2.45. The Morgan fingerprint density at radius 3 is 2.55 bits per heavy atom. The van der Waals surface area contributed by atoms with Gasteiger partial charge in [0.1, 0.15) is 0 Å². The third-order valence-corrected chi connectivity index (χ3v) is 3.45. The molecule has 0 N–H and O–H groups in total. The normalized spacial score (nSPS) is 12.2. The first-order valence-electron chi connectivity index (χ1n) is 5.06. The highest BCUT2D eigenvalue weighted by atomic mass is 28.2. The lowest BCUT2D eigenvalue weighted by Gasteiger charge is -1.94. The van der Waals surface area contributed by atoms with Crippen LogP contribution in [-0.4, -0.2) is 9.52 Å². The molecule has 0 nitrogen and oxygen atoms in total. The Morgan fingerprint density at radius 1 is 1.09 bits per heavy atom. The van der Waals surface area contributed by atoms with Crippen LogP contribution in [0.3, 0.4) is 0 Å². The van der Waals surface area contributed by atoms with Crippen LogP contribution < -0.4 is 0 Å². The molecule has 0 radical (unpaired) electrons. The average molecular weight is 170 g/mol. The van der Waals surface area contributed by atoms with Gasteiger partial charge in [-0.3, -0.25) is 0 Å². The smallest absolute Gasteiger partial charge is 0.0450 e. The lowest BCUT2D eigenvalue weighted by Crippen LogP contribution is -1.84. The summed E-state index contributed by atoms with van der Waals surface area (Å²) in [6.45, 7) is 4.48. The largest absolute Gasteiger partial charge is 0.105 e. The summed E-state index contributed by atoms with van der Waals surface area (Å²) in [6.07, 6.45) is 9.30. The highest BCUT2D eigenvalue weighted by molar-refractivity contribution is 6.41. The van der Waals surface area contributed by atoms with Gasteiger partial charge < -0.3 is 0 Å². The van der Waals surface area contributed by atoms with Crippen LogP contribution in [-0.2, 0) is 0 Å². The van der Waals surface area contributed by atoms with E-state index in [2.05, 4.69) is 25.6 Å². The molecule has 0 atom stereocenters. The Kier molecular flexibility index (Phi) is 9.92. The quantitative estimate of drug-likeness (QED) is 0.407. The van der Waals surface area contributed by atoms with Gasteiger partial charge in [0.2, 0.25) is 0 Å². The summed E-state index contributed by atoms with van der Waals surface area (Å²) in [7, 11) is 0.192. The maximum Gasteiger partial charge on any atom is 0.0450 e. The van der Waals surface area contributed by atoms with E-state index in [1.54, 1.807) is 0 Å². The van der Waals surface area contributed by atoms with Crippen molar-refractivity contribution in [2.24, 2.45) is 0 Å². The van der Waals surface area contributed by atoms with E-state index in [-0.39, 0.29) is 9.52 Å². The van der Waals surface area contributed by atoms with Crippen LogP contribution in [0.2, 0.25) is 6.04 Å². The minimum absolute atomic E-state index is 0.192. The van der Waals surface area contributed by atoms with Crippen molar-refractivity contribution in [2.75, 3.05) is 0 Å². The van der Waals surface area contributed by atoms with Gasteiger partial charge in [-0.05, 0) is 6.42 Å². The molecule has 0 saturated heterocycles. The van der Waals surface area contributed by atoms with Crippen LogP contribution in [0.1, 0.15) is 46.0 Å². The van der Waals surface area contributed by atoms with Gasteiger partial charge in [-0.2, -0.15) is 0 Å². The van der Waals surface area contributed by atoms with E-state index >= 15 is 0 Å². The molecule has 0 aromatic rings. The third-order valence-electron chi connectivity index (χ3n) is 1.88. The molecule has 0 saturated carbocycles. The second-order valence-electron chi connectivity index (χ2n) is 3.08. The van der Waals surface area contributed by atoms with Gasteiger partial charge in [-0.1, -0.05) is 51.7 Å². The molecule has 0 unspecified atom stereocenters. The Balaban J connectivity index is 2.85. The Morgan fingerprint density at radius 2 is 1.91 bits per heavy atom. The first kappa shape index (κ1) is 11.0. The Hall–Kier alpha value is -0.0431. The minimum atomic E-state index is 0.192. The SMILES string of the molecule is CCC=C[SiH2]CCCCCC. The van der Waals surface area contributed by atoms with E-state index in [0.717, 1.165) is 0 Å². The molecule has 0 rings (SSSR count). The molecule has 0 aromatic carbocycles. The van der Waals surface area contributed by atoms with Crippen molar-refractivity contribution >= 4 is 9.52 Å². The van der Waals surface area contributed by atoms with E-state index in [4.69, 9.17) is 0 Å². The molecular formula is C10H22Si. The van der Waals surface area contributed by atoms with E-state index in [0.29, 0.717) is 0 Å². The molecule has 0 spiro atoms. The summed E-state index contributed by atoms with van der Waals surface area (Å²) in [5.41, 5.74) is 2.45. The molecule has 66 valence electrons. The third kappa shape index (κ3) is 9.96. The summed E-state index contributed by atoms with van der Waals surface area (Å²) in [5.74, 6) is 0. The highest BCUT2D eigenvalue weighted by Gasteiger charge is 1.86. The number of hydrogen-bond acceptors (Lipinski definition) is 0. The predicted octanol–water partition coefficient (Wildman–Crippen LogP) is 3.08. The van der Waals surface area contributed by atoms with E-state index in [9.17, 15) is 0 Å². The topological polar surface area (TPSA) is 0 Å². The summed E-state index contributed by atoms with van der Waals surface area (Å²) in [4.78, 5) is 0. The molecule has 11 heavy (non-hydrogen) atoms. The fraction of sp³-hybridized carbons (Fsp3) is 0.800. The Labute approximate surface area is 73.9 Å². The monoisotopic (exact) mass is 170 g/mol. The standard InChI is InChI=1S/C10H22Si/c1-3-5-7-8-10-11-9-6-4-2/h6,9H,3-5,7-8,10-11H2,1-2H3. The van der Waals surface area contributed by atoms with Gasteiger partial charge in [0.05, 0.1) is 0 Å². The minimum Gasteiger partial charge on any atom is -0.105 e. The van der Waals surface area contributed by atoms with Crippen molar-refractivity contribution in [3.8, 4) is 0 Å². The van der Waals surface area contributed by atoms with Crippen molar-refractivity contribution in [3.63, 3.8) is 0 Å². The lowest BCUT2D eigenvalue weighted by molar-refractivity contribution is 0.701. The van der Waals surface area contributed by atoms with E-state index < -0.39 is 0 Å². The molecular weight excluding hydrogens is 148 g/mol. The summed E-state index contributed by atoms with van der Waals surface area (Å²) >= 11 is 0. The van der Waals surface area contributed by atoms with Gasteiger partial charge >= 0.3 is 0 Å². The Bertz CT molecular complexity index is 86.9. The summed E-state index contributed by atoms with van der Waals surface area (Å²) in [6, 6.07) is 1.52. The van der Waals surface area contributed by atoms with Gasteiger partial charge in [-0.25, -0.2) is 0 Å². The second-order valence-corrected chi connectivity index (χ2v) is 4.84. The fourth-order valence-electron chi connectivity index (χ4n) is 1.15. The van der Waals surface area contributed by atoms with Crippen LogP contribution in [0.5, 0.6) is 0 Å². The van der Waals surface area contributed by atoms with Gasteiger partial charge in [0.15, 0.2) is 0 Å². The van der Waals surface area contributed by atoms with Crippen molar-refractivity contribution < 1.29 is 0 Å². The molecule has 0 fully saturated rings. The van der Waals surface area contributed by atoms with Crippen LogP contribution >= 0.6 is 0 Å².